The number of nitriles is 1. The van der Waals surface area contributed by atoms with Gasteiger partial charge in [-0.05, 0) is 36.3 Å². The van der Waals surface area contributed by atoms with Crippen LogP contribution in [0.4, 0.5) is 0 Å². The minimum atomic E-state index is -0.894. The Labute approximate surface area is 203 Å². The van der Waals surface area contributed by atoms with E-state index >= 15 is 0 Å². The number of nitrogens with zero attached hydrogens (tertiary/aromatic N) is 2. The third kappa shape index (κ3) is 3.98. The van der Waals surface area contributed by atoms with Crippen LogP contribution in [0.5, 0.6) is 0 Å². The van der Waals surface area contributed by atoms with Crippen LogP contribution >= 0.6 is 34.5 Å². The number of hydrogen-bond donors (Lipinski definition) is 1. The van der Waals surface area contributed by atoms with Crippen LogP contribution in [0.1, 0.15) is 24.1 Å². The largest absolute Gasteiger partial charge is 0.462 e. The molecule has 0 bridgehead atoms. The van der Waals surface area contributed by atoms with Gasteiger partial charge in [0.05, 0.1) is 28.5 Å². The minimum Gasteiger partial charge on any atom is -0.462 e. The molecule has 0 saturated heterocycles. The maximum atomic E-state index is 13.6. The number of allylic oxidation sites excluding steroid dienone is 1. The molecule has 33 heavy (non-hydrogen) atoms. The zero-order chi connectivity index (χ0) is 23.7. The maximum absolute atomic E-state index is 13.6. The Bertz CT molecular complexity index is 1530. The van der Waals surface area contributed by atoms with Crippen molar-refractivity contribution in [3.05, 3.63) is 101 Å². The van der Waals surface area contributed by atoms with Gasteiger partial charge in [-0.2, -0.15) is 5.26 Å². The summed E-state index contributed by atoms with van der Waals surface area (Å²) in [5, 5.41) is 10.8. The lowest BCUT2D eigenvalue weighted by Gasteiger charge is -2.25. The van der Waals surface area contributed by atoms with Gasteiger partial charge in [-0.3, -0.25) is 9.36 Å². The average Bonchev–Trinajstić information content (AvgIpc) is 3.10. The predicted molar refractivity (Wildman–Crippen MR) is 129 cm³/mol. The number of hydrogen-bond acceptors (Lipinski definition) is 6. The highest BCUT2D eigenvalue weighted by molar-refractivity contribution is 7.07. The summed E-state index contributed by atoms with van der Waals surface area (Å²) >= 11 is 13.8. The summed E-state index contributed by atoms with van der Waals surface area (Å²) in [4.78, 5) is 26.5. The van der Waals surface area contributed by atoms with Crippen LogP contribution in [-0.2, 0) is 9.53 Å². The lowest BCUT2D eigenvalue weighted by atomic mass is 9.93. The van der Waals surface area contributed by atoms with E-state index in [9.17, 15) is 14.9 Å². The second-order valence-corrected chi connectivity index (χ2v) is 8.92. The van der Waals surface area contributed by atoms with Crippen molar-refractivity contribution >= 4 is 52.2 Å². The van der Waals surface area contributed by atoms with Gasteiger partial charge in [0.25, 0.3) is 5.56 Å². The SMILES string of the molecule is CCOC(=O)C1=c2sc(=Cc3ccccc3Cl)c(=O)n2C(c2ccccc2Cl)C(C#N)=C1N. The number of carbonyl (C=O) groups excluding carboxylic acids is 1. The fraction of sp³-hybridized carbons (Fsp3) is 0.125. The molecule has 1 aliphatic heterocycles. The van der Waals surface area contributed by atoms with Crippen LogP contribution in [-0.4, -0.2) is 17.1 Å². The normalized spacial score (nSPS) is 15.9. The molecular weight excluding hydrogens is 481 g/mol. The fourth-order valence-electron chi connectivity index (χ4n) is 3.68. The molecule has 4 rings (SSSR count). The molecule has 2 N–H and O–H groups in total. The Morgan fingerprint density at radius 1 is 1.21 bits per heavy atom. The molecule has 0 amide bonds. The second-order valence-electron chi connectivity index (χ2n) is 7.07. The highest BCUT2D eigenvalue weighted by Gasteiger charge is 2.35. The first-order valence-corrected chi connectivity index (χ1v) is 11.5. The number of nitrogens with two attached hydrogens (primary N) is 1. The maximum Gasteiger partial charge on any atom is 0.343 e. The number of halogens is 2. The smallest absolute Gasteiger partial charge is 0.343 e. The Hall–Kier alpha value is -3.31. The van der Waals surface area contributed by atoms with Crippen molar-refractivity contribution in [3.8, 4) is 6.07 Å². The van der Waals surface area contributed by atoms with Crippen molar-refractivity contribution < 1.29 is 9.53 Å². The number of carbonyl (C=O) groups is 1. The summed E-state index contributed by atoms with van der Waals surface area (Å²) in [6.07, 6.45) is 1.65. The number of rotatable bonds is 4. The van der Waals surface area contributed by atoms with Crippen molar-refractivity contribution in [1.29, 1.82) is 5.26 Å². The number of benzene rings is 2. The van der Waals surface area contributed by atoms with E-state index in [-0.39, 0.29) is 28.1 Å². The molecule has 1 unspecified atom stereocenters. The molecule has 0 aliphatic carbocycles. The van der Waals surface area contributed by atoms with Crippen LogP contribution in [0.2, 0.25) is 10.0 Å². The van der Waals surface area contributed by atoms with Gasteiger partial charge in [-0.15, -0.1) is 11.3 Å². The highest BCUT2D eigenvalue weighted by atomic mass is 35.5. The van der Waals surface area contributed by atoms with E-state index < -0.39 is 17.6 Å². The summed E-state index contributed by atoms with van der Waals surface area (Å²) in [5.74, 6) is -0.709. The van der Waals surface area contributed by atoms with Gasteiger partial charge in [-0.1, -0.05) is 59.6 Å². The number of ether oxygens (including phenoxy) is 1. The molecule has 6 nitrogen and oxygen atoms in total. The molecule has 0 radical (unpaired) electrons. The lowest BCUT2D eigenvalue weighted by Crippen LogP contribution is -2.41. The Morgan fingerprint density at radius 2 is 1.88 bits per heavy atom. The monoisotopic (exact) mass is 497 g/mol. The molecule has 1 aliphatic rings. The molecule has 1 aromatic heterocycles. The topological polar surface area (TPSA) is 98.1 Å². The van der Waals surface area contributed by atoms with E-state index in [4.69, 9.17) is 33.7 Å². The summed E-state index contributed by atoms with van der Waals surface area (Å²) < 4.78 is 7.18. The van der Waals surface area contributed by atoms with Crippen molar-refractivity contribution in [2.45, 2.75) is 13.0 Å². The Balaban J connectivity index is 2.14. The predicted octanol–water partition coefficient (Wildman–Crippen LogP) is 3.10. The molecule has 0 fully saturated rings. The molecule has 1 atom stereocenters. The van der Waals surface area contributed by atoms with E-state index in [1.165, 1.54) is 4.57 Å². The van der Waals surface area contributed by atoms with Crippen LogP contribution in [0.3, 0.4) is 0 Å². The van der Waals surface area contributed by atoms with Crippen molar-refractivity contribution in [2.75, 3.05) is 6.61 Å². The van der Waals surface area contributed by atoms with Crippen molar-refractivity contribution in [3.63, 3.8) is 0 Å². The highest BCUT2D eigenvalue weighted by Crippen LogP contribution is 2.34. The summed E-state index contributed by atoms with van der Waals surface area (Å²) in [5.41, 5.74) is 7.08. The van der Waals surface area contributed by atoms with E-state index in [1.54, 1.807) is 61.5 Å². The quantitative estimate of drug-likeness (QED) is 0.558. The number of fused-ring (bicyclic) bond motifs is 1. The number of thiazole rings is 1. The Kier molecular flexibility index (Phi) is 6.43. The molecule has 2 heterocycles. The fourth-order valence-corrected chi connectivity index (χ4v) is 5.27. The summed E-state index contributed by atoms with van der Waals surface area (Å²) in [6.45, 7) is 1.77. The third-order valence-electron chi connectivity index (χ3n) is 5.15. The molecular formula is C24H17Cl2N3O3S. The van der Waals surface area contributed by atoms with E-state index in [0.29, 0.717) is 25.7 Å². The van der Waals surface area contributed by atoms with Gasteiger partial charge >= 0.3 is 5.97 Å². The van der Waals surface area contributed by atoms with Gasteiger partial charge < -0.3 is 10.5 Å². The third-order valence-corrected chi connectivity index (χ3v) is 6.95. The number of aromatic nitrogens is 1. The van der Waals surface area contributed by atoms with Crippen LogP contribution in [0.15, 0.2) is 64.6 Å². The zero-order valence-electron chi connectivity index (χ0n) is 17.3. The number of esters is 1. The van der Waals surface area contributed by atoms with Crippen molar-refractivity contribution in [1.82, 2.24) is 4.57 Å². The molecule has 0 saturated carbocycles. The molecule has 3 aromatic rings. The second kappa shape index (κ2) is 9.28. The first-order valence-electron chi connectivity index (χ1n) is 9.92. The molecule has 9 heteroatoms. The van der Waals surface area contributed by atoms with Gasteiger partial charge in [0, 0.05) is 10.0 Å². The van der Waals surface area contributed by atoms with Gasteiger partial charge in [0.15, 0.2) is 0 Å². The van der Waals surface area contributed by atoms with Gasteiger partial charge in [0.1, 0.15) is 16.3 Å². The Morgan fingerprint density at radius 3 is 2.52 bits per heavy atom. The molecule has 2 aromatic carbocycles. The van der Waals surface area contributed by atoms with Crippen LogP contribution < -0.4 is 20.5 Å². The molecule has 166 valence electrons. The summed E-state index contributed by atoms with van der Waals surface area (Å²) in [7, 11) is 0. The zero-order valence-corrected chi connectivity index (χ0v) is 19.7. The van der Waals surface area contributed by atoms with E-state index in [1.807, 2.05) is 0 Å². The minimum absolute atomic E-state index is 0.0161. The average molecular weight is 498 g/mol. The van der Waals surface area contributed by atoms with E-state index in [2.05, 4.69) is 6.07 Å². The van der Waals surface area contributed by atoms with Crippen molar-refractivity contribution in [2.24, 2.45) is 5.73 Å². The first kappa shape index (κ1) is 22.9. The van der Waals surface area contributed by atoms with Crippen LogP contribution in [0, 0.1) is 11.3 Å². The van der Waals surface area contributed by atoms with Crippen LogP contribution in [0.25, 0.3) is 11.6 Å². The summed E-state index contributed by atoms with van der Waals surface area (Å²) in [6, 6.07) is 15.2. The standard InChI is InChI=1S/C24H17Cl2N3O3S/c1-2-32-24(31)19-20(28)15(12-27)21(14-8-4-6-10-17(14)26)29-22(30)18(33-23(19)29)11-13-7-3-5-9-16(13)25/h3-11,21H,2,28H2,1H3. The first-order chi connectivity index (χ1) is 15.9. The van der Waals surface area contributed by atoms with E-state index in [0.717, 1.165) is 11.3 Å². The lowest BCUT2D eigenvalue weighted by molar-refractivity contribution is -0.136. The van der Waals surface area contributed by atoms with Gasteiger partial charge in [0.2, 0.25) is 0 Å². The van der Waals surface area contributed by atoms with Gasteiger partial charge in [-0.25, -0.2) is 4.79 Å². The molecule has 0 spiro atoms.